The van der Waals surface area contributed by atoms with Crippen LogP contribution in [0.2, 0.25) is 5.15 Å². The fourth-order valence-electron chi connectivity index (χ4n) is 3.07. The lowest BCUT2D eigenvalue weighted by Crippen LogP contribution is -2.49. The highest BCUT2D eigenvalue weighted by atomic mass is 35.5. The van der Waals surface area contributed by atoms with Gasteiger partial charge in [-0.05, 0) is 30.4 Å². The molecule has 2 unspecified atom stereocenters. The molecule has 1 aromatic rings. The molecular formula is C14H18ClN3O. The van der Waals surface area contributed by atoms with E-state index in [2.05, 4.69) is 21.3 Å². The topological polar surface area (TPSA) is 37.4 Å². The molecule has 1 saturated carbocycles. The molecular weight excluding hydrogens is 262 g/mol. The Hall–Kier alpha value is -0.840. The normalized spacial score (nSPS) is 30.5. The molecule has 102 valence electrons. The van der Waals surface area contributed by atoms with Crippen LogP contribution in [-0.4, -0.2) is 43.4 Å². The number of fused-ring (bicyclic) bond motifs is 4. The summed E-state index contributed by atoms with van der Waals surface area (Å²) in [5.41, 5.74) is 2.43. The highest BCUT2D eigenvalue weighted by molar-refractivity contribution is 6.30. The third-order valence-electron chi connectivity index (χ3n) is 4.32. The van der Waals surface area contributed by atoms with E-state index < -0.39 is 0 Å². The third-order valence-corrected chi connectivity index (χ3v) is 4.63. The lowest BCUT2D eigenvalue weighted by atomic mass is 10.1. The molecule has 4 fully saturated rings. The number of nitrogens with zero attached hydrogens (tertiary/aromatic N) is 2. The second-order valence-electron chi connectivity index (χ2n) is 5.77. The van der Waals surface area contributed by atoms with Crippen LogP contribution in [0.3, 0.4) is 0 Å². The molecule has 0 aromatic carbocycles. The SMILES string of the molecule is Clc1ncc(N2CC3CNCC2CO3)cc1C1CC1. The summed E-state index contributed by atoms with van der Waals surface area (Å²) < 4.78 is 5.82. The van der Waals surface area contributed by atoms with Crippen LogP contribution < -0.4 is 10.2 Å². The first kappa shape index (κ1) is 11.9. The van der Waals surface area contributed by atoms with E-state index in [1.165, 1.54) is 24.1 Å². The van der Waals surface area contributed by atoms with Crippen molar-refractivity contribution >= 4 is 17.3 Å². The van der Waals surface area contributed by atoms with Gasteiger partial charge < -0.3 is 15.0 Å². The van der Waals surface area contributed by atoms with Crippen molar-refractivity contribution in [3.05, 3.63) is 23.0 Å². The van der Waals surface area contributed by atoms with Crippen molar-refractivity contribution in [2.24, 2.45) is 0 Å². The number of aromatic nitrogens is 1. The summed E-state index contributed by atoms with van der Waals surface area (Å²) in [6, 6.07) is 2.65. The Morgan fingerprint density at radius 3 is 3.11 bits per heavy atom. The van der Waals surface area contributed by atoms with E-state index >= 15 is 0 Å². The van der Waals surface area contributed by atoms with E-state index in [9.17, 15) is 0 Å². The van der Waals surface area contributed by atoms with Crippen LogP contribution in [0.15, 0.2) is 12.3 Å². The maximum Gasteiger partial charge on any atom is 0.132 e. The van der Waals surface area contributed by atoms with E-state index in [-0.39, 0.29) is 0 Å². The van der Waals surface area contributed by atoms with E-state index in [1.807, 2.05) is 6.20 Å². The Labute approximate surface area is 118 Å². The maximum atomic E-state index is 6.21. The van der Waals surface area contributed by atoms with Gasteiger partial charge in [0.2, 0.25) is 0 Å². The number of hydrogen-bond acceptors (Lipinski definition) is 4. The molecule has 3 saturated heterocycles. The summed E-state index contributed by atoms with van der Waals surface area (Å²) in [5.74, 6) is 0.637. The molecule has 4 heterocycles. The summed E-state index contributed by atoms with van der Waals surface area (Å²) in [5, 5.41) is 4.14. The zero-order valence-corrected chi connectivity index (χ0v) is 11.6. The molecule has 5 heteroatoms. The molecule has 4 aliphatic rings. The average Bonchev–Trinajstić information content (AvgIpc) is 3.26. The number of morpholine rings is 1. The monoisotopic (exact) mass is 279 g/mol. The van der Waals surface area contributed by atoms with Gasteiger partial charge in [0.1, 0.15) is 5.15 Å². The molecule has 0 radical (unpaired) electrons. The van der Waals surface area contributed by atoms with Crippen LogP contribution in [0, 0.1) is 0 Å². The standard InChI is InChI=1S/C14H18ClN3O/c15-14-13(9-1-2-9)3-10(5-17-14)18-7-12-6-16-4-11(18)8-19-12/h3,5,9,11-12,16H,1-2,4,6-8H2. The van der Waals surface area contributed by atoms with Crippen molar-refractivity contribution in [2.45, 2.75) is 30.9 Å². The summed E-state index contributed by atoms with van der Waals surface area (Å²) in [6.45, 7) is 3.69. The number of hydrogen-bond donors (Lipinski definition) is 1. The number of halogens is 1. The minimum Gasteiger partial charge on any atom is -0.373 e. The summed E-state index contributed by atoms with van der Waals surface area (Å²) in [4.78, 5) is 6.83. The van der Waals surface area contributed by atoms with E-state index in [0.717, 1.165) is 26.2 Å². The zero-order chi connectivity index (χ0) is 12.8. The highest BCUT2D eigenvalue weighted by Crippen LogP contribution is 2.43. The number of nitrogens with one attached hydrogen (secondary N) is 1. The van der Waals surface area contributed by atoms with Crippen molar-refractivity contribution in [1.82, 2.24) is 10.3 Å². The average molecular weight is 280 g/mol. The summed E-state index contributed by atoms with van der Waals surface area (Å²) >= 11 is 6.21. The minimum absolute atomic E-state index is 0.291. The maximum absolute atomic E-state index is 6.21. The predicted molar refractivity (Wildman–Crippen MR) is 75.0 cm³/mol. The number of rotatable bonds is 2. The van der Waals surface area contributed by atoms with Gasteiger partial charge in [0.15, 0.2) is 0 Å². The molecule has 2 atom stereocenters. The van der Waals surface area contributed by atoms with E-state index in [0.29, 0.717) is 23.2 Å². The van der Waals surface area contributed by atoms with Crippen LogP contribution in [0.1, 0.15) is 24.3 Å². The zero-order valence-electron chi connectivity index (χ0n) is 10.8. The molecule has 3 aliphatic heterocycles. The van der Waals surface area contributed by atoms with Crippen molar-refractivity contribution in [3.8, 4) is 0 Å². The molecule has 4 nitrogen and oxygen atoms in total. The first-order valence-corrected chi connectivity index (χ1v) is 7.43. The molecule has 1 aromatic heterocycles. The first-order chi connectivity index (χ1) is 9.31. The van der Waals surface area contributed by atoms with E-state index in [4.69, 9.17) is 16.3 Å². The number of anilines is 1. The fourth-order valence-corrected chi connectivity index (χ4v) is 3.33. The van der Waals surface area contributed by atoms with Gasteiger partial charge in [-0.25, -0.2) is 4.98 Å². The van der Waals surface area contributed by atoms with Gasteiger partial charge in [-0.15, -0.1) is 0 Å². The number of ether oxygens (including phenoxy) is 1. The van der Waals surface area contributed by atoms with Gasteiger partial charge in [0.05, 0.1) is 30.6 Å². The van der Waals surface area contributed by atoms with Crippen molar-refractivity contribution < 1.29 is 4.74 Å². The van der Waals surface area contributed by atoms with Gasteiger partial charge in [-0.2, -0.15) is 0 Å². The Morgan fingerprint density at radius 2 is 2.26 bits per heavy atom. The Morgan fingerprint density at radius 1 is 1.37 bits per heavy atom. The van der Waals surface area contributed by atoms with Gasteiger partial charge >= 0.3 is 0 Å². The first-order valence-electron chi connectivity index (χ1n) is 7.05. The highest BCUT2D eigenvalue weighted by Gasteiger charge is 2.33. The minimum atomic E-state index is 0.291. The van der Waals surface area contributed by atoms with Crippen molar-refractivity contribution in [3.63, 3.8) is 0 Å². The fraction of sp³-hybridized carbons (Fsp3) is 0.643. The molecule has 1 aliphatic carbocycles. The molecule has 2 bridgehead atoms. The van der Waals surface area contributed by atoms with Crippen LogP contribution >= 0.6 is 11.6 Å². The van der Waals surface area contributed by atoms with Gasteiger partial charge in [0, 0.05) is 19.6 Å². The van der Waals surface area contributed by atoms with E-state index in [1.54, 1.807) is 0 Å². The second kappa shape index (κ2) is 4.62. The Kier molecular flexibility index (Phi) is 2.90. The van der Waals surface area contributed by atoms with Crippen LogP contribution in [0.5, 0.6) is 0 Å². The predicted octanol–water partition coefficient (Wildman–Crippen LogP) is 1.79. The second-order valence-corrected chi connectivity index (χ2v) is 6.13. The number of pyridine rings is 1. The molecule has 0 spiro atoms. The Bertz CT molecular complexity index is 488. The molecule has 19 heavy (non-hydrogen) atoms. The molecule has 1 N–H and O–H groups in total. The summed E-state index contributed by atoms with van der Waals surface area (Å²) in [6.07, 6.45) is 4.71. The van der Waals surface area contributed by atoms with Gasteiger partial charge in [-0.1, -0.05) is 11.6 Å². The van der Waals surface area contributed by atoms with Gasteiger partial charge in [0.25, 0.3) is 0 Å². The van der Waals surface area contributed by atoms with Crippen LogP contribution in [-0.2, 0) is 4.74 Å². The lowest BCUT2D eigenvalue weighted by Gasteiger charge is -2.37. The lowest BCUT2D eigenvalue weighted by molar-refractivity contribution is 0.0391. The smallest absolute Gasteiger partial charge is 0.132 e. The van der Waals surface area contributed by atoms with Crippen LogP contribution in [0.25, 0.3) is 0 Å². The van der Waals surface area contributed by atoms with Crippen molar-refractivity contribution in [2.75, 3.05) is 31.1 Å². The summed E-state index contributed by atoms with van der Waals surface area (Å²) in [7, 11) is 0. The largest absolute Gasteiger partial charge is 0.373 e. The molecule has 5 rings (SSSR count). The van der Waals surface area contributed by atoms with Crippen molar-refractivity contribution in [1.29, 1.82) is 0 Å². The van der Waals surface area contributed by atoms with Crippen LogP contribution in [0.4, 0.5) is 5.69 Å². The Balaban J connectivity index is 1.66. The third kappa shape index (κ3) is 2.22. The molecule has 0 amide bonds. The quantitative estimate of drug-likeness (QED) is 0.838. The van der Waals surface area contributed by atoms with Gasteiger partial charge in [-0.3, -0.25) is 0 Å².